The van der Waals surface area contributed by atoms with E-state index in [1.807, 2.05) is 22.9 Å². The minimum Gasteiger partial charge on any atom is -0.485 e. The highest BCUT2D eigenvalue weighted by Crippen LogP contribution is 2.70. The van der Waals surface area contributed by atoms with Crippen molar-refractivity contribution in [1.29, 1.82) is 0 Å². The molecule has 9 N–H and O–H groups in total. The van der Waals surface area contributed by atoms with Gasteiger partial charge in [0.1, 0.15) is 23.9 Å². The van der Waals surface area contributed by atoms with Gasteiger partial charge in [-0.3, -0.25) is 4.79 Å². The number of aliphatic hydroxyl groups excluding tert-OH is 4. The zero-order chi connectivity index (χ0) is 64.6. The van der Waals surface area contributed by atoms with Crippen molar-refractivity contribution in [2.45, 2.75) is 244 Å². The molecule has 8 fully saturated rings. The van der Waals surface area contributed by atoms with E-state index >= 15 is 0 Å². The minimum absolute atomic E-state index is 0.00185. The van der Waals surface area contributed by atoms with Gasteiger partial charge in [-0.25, -0.2) is 0 Å². The number of hydrogen-bond donors (Lipinski definition) is 9. The molecule has 0 unspecified atom stereocenters. The molecule has 4 spiro atoms. The Morgan fingerprint density at radius 3 is 2.47 bits per heavy atom. The highest BCUT2D eigenvalue weighted by molar-refractivity contribution is 8.77. The highest BCUT2D eigenvalue weighted by atomic mass is 33.1. The van der Waals surface area contributed by atoms with Gasteiger partial charge in [0.25, 0.3) is 0 Å². The van der Waals surface area contributed by atoms with Crippen LogP contribution in [0.2, 0.25) is 0 Å². The Balaban J connectivity index is 0.879. The predicted octanol–water partition coefficient (Wildman–Crippen LogP) is 11.8. The number of rotatable bonds is 12. The maximum atomic E-state index is 14.0. The molecule has 15 nitrogen and oxygen atoms in total. The lowest BCUT2D eigenvalue weighted by atomic mass is 9.50. The van der Waals surface area contributed by atoms with Gasteiger partial charge in [0, 0.05) is 53.3 Å². The summed E-state index contributed by atoms with van der Waals surface area (Å²) in [7, 11) is 5.53. The van der Waals surface area contributed by atoms with Crippen LogP contribution in [0.4, 0.5) is 0 Å². The molecule has 7 aliphatic carbocycles. The molecule has 93 heavy (non-hydrogen) atoms. The van der Waals surface area contributed by atoms with Crippen LogP contribution in [0.1, 0.15) is 185 Å². The molecule has 3 aliphatic heterocycles. The fraction of sp³-hybridized carbons (Fsp3) is 0.724. The molecular weight excluding hydrogens is 1210 g/mol. The summed E-state index contributed by atoms with van der Waals surface area (Å²) in [6, 6.07) is 19.8. The van der Waals surface area contributed by atoms with Gasteiger partial charge >= 0.3 is 5.97 Å². The van der Waals surface area contributed by atoms with Gasteiger partial charge in [0.15, 0.2) is 16.9 Å². The SMILES string of the molecule is CCOC(=O)CCc1cc2ccoc2c2c1O[C@@H]1O[C@@]3(CSS[C@]4(CC[C@]5(CC[C@H](CNC)C5)[C@H]4CC[C@]4(O)CC[C@H]([C@]5(c6ccc7ccccc7c6)CCCC6(CCCC6)C5)C4)[C@H](CC[C@H](C)CCC[C@H]3O)NCCO2)[C@]2(O)C[C@@H]3C=C[C@H](O)[C@@H](CO)[C@H]3[C@@]1(O)[C@H]2O. The minimum atomic E-state index is -2.51. The van der Waals surface area contributed by atoms with E-state index in [2.05, 4.69) is 67.1 Å². The quantitative estimate of drug-likeness (QED) is 0.0365. The fourth-order valence-electron chi connectivity index (χ4n) is 22.2. The molecule has 19 atom stereocenters. The summed E-state index contributed by atoms with van der Waals surface area (Å²) < 4.78 is 33.1. The summed E-state index contributed by atoms with van der Waals surface area (Å²) in [5.41, 5.74) is -4.94. The average molecular weight is 1320 g/mol. The van der Waals surface area contributed by atoms with E-state index in [1.165, 1.54) is 61.3 Å². The van der Waals surface area contributed by atoms with E-state index < -0.39 is 82.1 Å². The molecule has 4 heterocycles. The smallest absolute Gasteiger partial charge is 0.306 e. The number of fused-ring (bicyclic) bond motifs is 12. The third-order valence-electron chi connectivity index (χ3n) is 26.7. The molecule has 3 aromatic carbocycles. The molecule has 10 aliphatic rings. The number of aryl methyl sites for hydroxylation is 1. The van der Waals surface area contributed by atoms with Crippen LogP contribution in [0.5, 0.6) is 11.5 Å². The zero-order valence-corrected chi connectivity index (χ0v) is 57.0. The third kappa shape index (κ3) is 11.6. The summed E-state index contributed by atoms with van der Waals surface area (Å²) >= 11 is 0. The topological polar surface area (TPSA) is 233 Å². The zero-order valence-electron chi connectivity index (χ0n) is 55.4. The van der Waals surface area contributed by atoms with Gasteiger partial charge in [-0.15, -0.1) is 0 Å². The molecular formula is C76H106N2O13S2. The molecule has 510 valence electrons. The molecule has 6 saturated carbocycles. The first-order chi connectivity index (χ1) is 44.9. The van der Waals surface area contributed by atoms with Crippen LogP contribution in [-0.2, 0) is 26.1 Å². The first-order valence-electron chi connectivity index (χ1n) is 36.2. The van der Waals surface area contributed by atoms with E-state index in [4.69, 9.17) is 23.4 Å². The Hall–Kier alpha value is -3.43. The summed E-state index contributed by atoms with van der Waals surface area (Å²) in [5.74, 6) is -1.63. The second-order valence-electron chi connectivity index (χ2n) is 31.6. The van der Waals surface area contributed by atoms with Crippen LogP contribution in [0.25, 0.3) is 21.7 Å². The van der Waals surface area contributed by atoms with Crippen molar-refractivity contribution in [3.63, 3.8) is 0 Å². The monoisotopic (exact) mass is 1320 g/mol. The number of ether oxygens (including phenoxy) is 4. The number of hydrogen-bond acceptors (Lipinski definition) is 17. The van der Waals surface area contributed by atoms with Gasteiger partial charge in [-0.2, -0.15) is 0 Å². The Labute approximate surface area is 558 Å². The van der Waals surface area contributed by atoms with E-state index in [0.29, 0.717) is 53.2 Å². The van der Waals surface area contributed by atoms with E-state index in [-0.39, 0.29) is 84.9 Å². The van der Waals surface area contributed by atoms with Gasteiger partial charge < -0.3 is 69.7 Å². The number of aliphatic hydroxyl groups is 7. The molecule has 17 heteroatoms. The van der Waals surface area contributed by atoms with Crippen LogP contribution in [0.15, 0.2) is 77.4 Å². The van der Waals surface area contributed by atoms with Crippen molar-refractivity contribution in [2.75, 3.05) is 45.7 Å². The normalized spacial score (nSPS) is 41.7. The lowest BCUT2D eigenvalue weighted by Crippen LogP contribution is -2.86. The standard InChI is InChI=1S/C76H106N2O13S2/c1-4-87-62(82)22-18-52-39-53-26-37-88-64(53)66-65(52)90-68-76(86)63-54(17-20-58(80)57(63)45-79)42-74(85,67(76)83)75(91-68)47-92-93-73(60(78-36-38-89-66)21-15-48(2)11-9-14-61(75)81)35-34-70(31-23-49(41-70)44-77-3)59(73)25-33-71(84)32-24-56(43-71)72(30-10-29-69(46-72)27-7-8-28-69)55-19-16-50-12-5-6-13-51(50)40-55/h5-6,12-13,16-17,19-20,26,37,39-40,48-49,54,56-61,63,67-68,77-81,83-86H,4,7-11,14-15,18,21-25,27-36,38,41-47H2,1-3H3/t48-,49+,54+,56+,57-,58+,59-,60+,61-,63+,67+,68-,70+,71-,72-,73+,74+,75-,76-/m1/s1. The molecule has 5 bridgehead atoms. The second-order valence-corrected chi connectivity index (χ2v) is 34.3. The van der Waals surface area contributed by atoms with Gasteiger partial charge in [-0.1, -0.05) is 115 Å². The number of carbonyl (C=O) groups excluding carboxylic acids is 1. The van der Waals surface area contributed by atoms with Gasteiger partial charge in [0.05, 0.1) is 30.7 Å². The van der Waals surface area contributed by atoms with Crippen LogP contribution >= 0.6 is 21.6 Å². The van der Waals surface area contributed by atoms with Crippen molar-refractivity contribution in [3.05, 3.63) is 84.1 Å². The first kappa shape index (κ1) is 66.8. The second kappa shape index (κ2) is 26.3. The summed E-state index contributed by atoms with van der Waals surface area (Å²) in [6.07, 6.45) is 21.5. The van der Waals surface area contributed by atoms with Crippen molar-refractivity contribution in [3.8, 4) is 11.5 Å². The van der Waals surface area contributed by atoms with Crippen molar-refractivity contribution < 1.29 is 63.9 Å². The molecule has 4 aromatic rings. The van der Waals surface area contributed by atoms with E-state index in [9.17, 15) is 40.5 Å². The van der Waals surface area contributed by atoms with Crippen molar-refractivity contribution >= 4 is 49.3 Å². The largest absolute Gasteiger partial charge is 0.485 e. The molecule has 2 saturated heterocycles. The van der Waals surface area contributed by atoms with E-state index in [1.54, 1.807) is 36.1 Å². The Kier molecular flexibility index (Phi) is 18.9. The fourth-order valence-corrected chi connectivity index (χ4v) is 26.5. The van der Waals surface area contributed by atoms with E-state index in [0.717, 1.165) is 90.0 Å². The molecule has 14 rings (SSSR count). The Bertz CT molecular complexity index is 3340. The number of nitrogens with one attached hydrogen (secondary N) is 2. The molecule has 0 radical (unpaired) electrons. The van der Waals surface area contributed by atoms with Gasteiger partial charge in [-0.05, 0) is 229 Å². The number of allylic oxidation sites excluding steroid dienone is 1. The predicted molar refractivity (Wildman–Crippen MR) is 364 cm³/mol. The van der Waals surface area contributed by atoms with Crippen molar-refractivity contribution in [2.24, 2.45) is 52.3 Å². The first-order valence-corrected chi connectivity index (χ1v) is 38.6. The number of esters is 1. The Morgan fingerprint density at radius 2 is 1.66 bits per heavy atom. The number of benzene rings is 3. The van der Waals surface area contributed by atoms with Gasteiger partial charge in [0.2, 0.25) is 12.0 Å². The average Bonchev–Trinajstić information content (AvgIpc) is 1.51. The van der Waals surface area contributed by atoms with Crippen LogP contribution in [0, 0.1) is 52.3 Å². The molecule has 0 amide bonds. The third-order valence-corrected chi connectivity index (χ3v) is 30.1. The van der Waals surface area contributed by atoms with Crippen LogP contribution in [0.3, 0.4) is 0 Å². The maximum Gasteiger partial charge on any atom is 0.306 e. The summed E-state index contributed by atoms with van der Waals surface area (Å²) in [6.45, 7) is 5.28. The molecule has 1 aromatic heterocycles. The maximum absolute atomic E-state index is 14.0. The summed E-state index contributed by atoms with van der Waals surface area (Å²) in [4.78, 5) is 13.2. The lowest BCUT2D eigenvalue weighted by molar-refractivity contribution is -0.424. The number of carbonyl (C=O) groups is 1. The number of furan rings is 1. The highest BCUT2D eigenvalue weighted by Gasteiger charge is 2.78. The lowest BCUT2D eigenvalue weighted by Gasteiger charge is -2.67. The Morgan fingerprint density at radius 1 is 0.828 bits per heavy atom. The summed E-state index contributed by atoms with van der Waals surface area (Å²) in [5, 5.41) is 102. The van der Waals surface area contributed by atoms with Crippen LogP contribution < -0.4 is 20.1 Å². The van der Waals surface area contributed by atoms with Crippen molar-refractivity contribution in [1.82, 2.24) is 10.6 Å². The van der Waals surface area contributed by atoms with Crippen LogP contribution in [-0.4, -0.2) is 145 Å².